The van der Waals surface area contributed by atoms with E-state index in [0.29, 0.717) is 40.9 Å². The van der Waals surface area contributed by atoms with Crippen LogP contribution in [-0.4, -0.2) is 54.8 Å². The second kappa shape index (κ2) is 9.36. The molecule has 0 aliphatic carbocycles. The Morgan fingerprint density at radius 3 is 2.69 bits per heavy atom. The van der Waals surface area contributed by atoms with Crippen LogP contribution in [0.5, 0.6) is 0 Å². The number of benzene rings is 1. The van der Waals surface area contributed by atoms with Crippen molar-refractivity contribution in [2.24, 2.45) is 0 Å². The summed E-state index contributed by atoms with van der Waals surface area (Å²) in [5.74, 6) is -0.557. The summed E-state index contributed by atoms with van der Waals surface area (Å²) in [6.07, 6.45) is 2.22. The van der Waals surface area contributed by atoms with Gasteiger partial charge in [0, 0.05) is 35.2 Å². The van der Waals surface area contributed by atoms with Gasteiger partial charge in [-0.1, -0.05) is 18.5 Å². The summed E-state index contributed by atoms with van der Waals surface area (Å²) >= 11 is 7.99. The molecule has 0 atom stereocenters. The van der Waals surface area contributed by atoms with Gasteiger partial charge in [-0.25, -0.2) is 12.7 Å². The van der Waals surface area contributed by atoms with Gasteiger partial charge in [0.15, 0.2) is 0 Å². The second-order valence-corrected chi connectivity index (χ2v) is 9.74. The number of carbonyl (C=O) groups excluding carboxylic acids is 2. The lowest BCUT2D eigenvalue weighted by Crippen LogP contribution is -2.40. The molecule has 0 unspecified atom stereocenters. The molecule has 1 aliphatic rings. The van der Waals surface area contributed by atoms with Crippen molar-refractivity contribution < 1.29 is 18.0 Å². The summed E-state index contributed by atoms with van der Waals surface area (Å²) in [5.41, 5.74) is 0.288. The Bertz CT molecular complexity index is 785. The Balaban J connectivity index is 2.15. The van der Waals surface area contributed by atoms with E-state index in [0.717, 1.165) is 10.7 Å². The molecule has 1 aliphatic heterocycles. The van der Waals surface area contributed by atoms with E-state index in [9.17, 15) is 18.0 Å². The van der Waals surface area contributed by atoms with Crippen LogP contribution in [0.3, 0.4) is 0 Å². The maximum atomic E-state index is 12.8. The fraction of sp³-hybridized carbons (Fsp3) is 0.529. The molecule has 26 heavy (non-hydrogen) atoms. The van der Waals surface area contributed by atoms with Gasteiger partial charge in [0.1, 0.15) is 0 Å². The predicted octanol–water partition coefficient (Wildman–Crippen LogP) is 3.14. The minimum absolute atomic E-state index is 0.0597. The maximum absolute atomic E-state index is 12.8. The zero-order valence-corrected chi connectivity index (χ0v) is 18.3. The van der Waals surface area contributed by atoms with Gasteiger partial charge >= 0.3 is 0 Å². The molecule has 0 radical (unpaired) electrons. The Morgan fingerprint density at radius 1 is 1.38 bits per heavy atom. The van der Waals surface area contributed by atoms with Gasteiger partial charge < -0.3 is 4.90 Å². The van der Waals surface area contributed by atoms with E-state index in [4.69, 9.17) is 11.6 Å². The Labute approximate surface area is 173 Å². The van der Waals surface area contributed by atoms with E-state index in [1.165, 1.54) is 6.07 Å². The molecule has 1 saturated heterocycles. The van der Waals surface area contributed by atoms with E-state index in [1.807, 2.05) is 22.6 Å². The summed E-state index contributed by atoms with van der Waals surface area (Å²) < 4.78 is 26.8. The molecular weight excluding hydrogens is 491 g/mol. The maximum Gasteiger partial charge on any atom is 0.267 e. The number of nitrogens with zero attached hydrogens (tertiary/aromatic N) is 2. The van der Waals surface area contributed by atoms with Crippen molar-refractivity contribution in [3.63, 3.8) is 0 Å². The minimum atomic E-state index is -3.71. The van der Waals surface area contributed by atoms with E-state index >= 15 is 0 Å². The number of likely N-dealkylation sites (tertiary alicyclic amines) is 1. The van der Waals surface area contributed by atoms with E-state index in [-0.39, 0.29) is 23.8 Å². The van der Waals surface area contributed by atoms with Gasteiger partial charge in [-0.2, -0.15) is 0 Å². The normalized spacial score (nSPS) is 14.7. The predicted molar refractivity (Wildman–Crippen MR) is 110 cm³/mol. The molecule has 6 nitrogen and oxygen atoms in total. The van der Waals surface area contributed by atoms with Crippen LogP contribution in [0.1, 0.15) is 43.0 Å². The Morgan fingerprint density at radius 2 is 2.12 bits per heavy atom. The zero-order chi connectivity index (χ0) is 19.3. The third kappa shape index (κ3) is 5.32. The van der Waals surface area contributed by atoms with E-state index in [2.05, 4.69) is 0 Å². The molecule has 1 heterocycles. The standard InChI is InChI=1S/C17H22ClIN2O4S/c1-2-11-26(24,25)21(10-4-9-20-8-3-5-16(20)22)17(23)13-6-7-14(18)15(19)12-13/h6-7,12H,2-5,8-11H2,1H3. The van der Waals surface area contributed by atoms with Gasteiger partial charge in [0.25, 0.3) is 5.91 Å². The van der Waals surface area contributed by atoms with Crippen LogP contribution in [0.25, 0.3) is 0 Å². The molecule has 0 aromatic heterocycles. The van der Waals surface area contributed by atoms with Gasteiger partial charge in [0.05, 0.1) is 10.8 Å². The highest BCUT2D eigenvalue weighted by Gasteiger charge is 2.28. The van der Waals surface area contributed by atoms with E-state index < -0.39 is 15.9 Å². The average molecular weight is 513 g/mol. The first-order valence-electron chi connectivity index (χ1n) is 8.54. The van der Waals surface area contributed by atoms with Crippen molar-refractivity contribution in [1.29, 1.82) is 0 Å². The molecule has 0 bridgehead atoms. The van der Waals surface area contributed by atoms with Crippen LogP contribution in [-0.2, 0) is 14.8 Å². The lowest BCUT2D eigenvalue weighted by Gasteiger charge is -2.24. The molecule has 1 fully saturated rings. The second-order valence-electron chi connectivity index (χ2n) is 6.16. The van der Waals surface area contributed by atoms with Crippen LogP contribution >= 0.6 is 34.2 Å². The summed E-state index contributed by atoms with van der Waals surface area (Å²) in [4.78, 5) is 26.3. The van der Waals surface area contributed by atoms with Crippen LogP contribution in [0.15, 0.2) is 18.2 Å². The molecule has 2 rings (SSSR count). The van der Waals surface area contributed by atoms with Crippen LogP contribution < -0.4 is 0 Å². The highest BCUT2D eigenvalue weighted by molar-refractivity contribution is 14.1. The number of halogens is 2. The van der Waals surface area contributed by atoms with Crippen molar-refractivity contribution in [3.8, 4) is 0 Å². The highest BCUT2D eigenvalue weighted by atomic mass is 127. The lowest BCUT2D eigenvalue weighted by atomic mass is 10.2. The smallest absolute Gasteiger partial charge is 0.267 e. The van der Waals surface area contributed by atoms with Crippen molar-refractivity contribution >= 4 is 56.0 Å². The van der Waals surface area contributed by atoms with Crippen molar-refractivity contribution in [1.82, 2.24) is 9.21 Å². The molecule has 1 aromatic rings. The number of sulfonamides is 1. The van der Waals surface area contributed by atoms with Gasteiger partial charge in [-0.15, -0.1) is 0 Å². The molecule has 0 N–H and O–H groups in total. The first-order valence-corrected chi connectivity index (χ1v) is 11.6. The topological polar surface area (TPSA) is 74.8 Å². The first-order chi connectivity index (χ1) is 12.3. The quantitative estimate of drug-likeness (QED) is 0.502. The highest BCUT2D eigenvalue weighted by Crippen LogP contribution is 2.21. The average Bonchev–Trinajstić information content (AvgIpc) is 2.98. The van der Waals surface area contributed by atoms with Crippen LogP contribution in [0, 0.1) is 3.57 Å². The fourth-order valence-corrected chi connectivity index (χ4v) is 4.99. The summed E-state index contributed by atoms with van der Waals surface area (Å²) in [7, 11) is -3.71. The van der Waals surface area contributed by atoms with Crippen molar-refractivity contribution in [3.05, 3.63) is 32.4 Å². The lowest BCUT2D eigenvalue weighted by molar-refractivity contribution is -0.127. The molecular formula is C17H22ClIN2O4S. The third-order valence-electron chi connectivity index (χ3n) is 4.15. The molecule has 9 heteroatoms. The first kappa shape index (κ1) is 21.4. The number of carbonyl (C=O) groups is 2. The summed E-state index contributed by atoms with van der Waals surface area (Å²) in [6, 6.07) is 4.71. The number of rotatable bonds is 8. The monoisotopic (exact) mass is 512 g/mol. The van der Waals surface area contributed by atoms with Gasteiger partial charge in [0.2, 0.25) is 15.9 Å². The number of amides is 2. The van der Waals surface area contributed by atoms with Crippen LogP contribution in [0.4, 0.5) is 0 Å². The molecule has 144 valence electrons. The van der Waals surface area contributed by atoms with Gasteiger partial charge in [-0.05, 0) is 60.1 Å². The Kier molecular flexibility index (Phi) is 7.72. The minimum Gasteiger partial charge on any atom is -0.343 e. The fourth-order valence-electron chi connectivity index (χ4n) is 2.85. The summed E-state index contributed by atoms with van der Waals surface area (Å²) in [6.45, 7) is 2.98. The third-order valence-corrected chi connectivity index (χ3v) is 7.64. The summed E-state index contributed by atoms with van der Waals surface area (Å²) in [5, 5.41) is 0.512. The number of hydrogen-bond acceptors (Lipinski definition) is 4. The largest absolute Gasteiger partial charge is 0.343 e. The van der Waals surface area contributed by atoms with E-state index in [1.54, 1.807) is 24.0 Å². The molecule has 2 amide bonds. The van der Waals surface area contributed by atoms with Gasteiger partial charge in [-0.3, -0.25) is 9.59 Å². The van der Waals surface area contributed by atoms with Crippen molar-refractivity contribution in [2.75, 3.05) is 25.4 Å². The molecule has 0 saturated carbocycles. The van der Waals surface area contributed by atoms with Crippen LogP contribution in [0.2, 0.25) is 5.02 Å². The Hall–Kier alpha value is -0.870. The zero-order valence-electron chi connectivity index (χ0n) is 14.6. The van der Waals surface area contributed by atoms with Crippen molar-refractivity contribution in [2.45, 2.75) is 32.6 Å². The molecule has 1 aromatic carbocycles. The molecule has 0 spiro atoms. The number of hydrogen-bond donors (Lipinski definition) is 0. The SMILES string of the molecule is CCCS(=O)(=O)N(CCCN1CCCC1=O)C(=O)c1ccc(Cl)c(I)c1.